The molecule has 1 aromatic rings. The van der Waals surface area contributed by atoms with Gasteiger partial charge in [-0.1, -0.05) is 73.9 Å². The third-order valence-corrected chi connectivity index (χ3v) is 4.36. The fourth-order valence-corrected chi connectivity index (χ4v) is 3.02. The molecule has 1 atom stereocenters. The van der Waals surface area contributed by atoms with E-state index in [1.165, 1.54) is 51.0 Å². The van der Waals surface area contributed by atoms with E-state index in [0.717, 1.165) is 12.5 Å². The Morgan fingerprint density at radius 3 is 2.30 bits per heavy atom. The molecule has 0 aromatic heterocycles. The standard InChI is InChI=1S/C17H25BrF2/c1-2-3-4-5-6-7-8-9-15(18)12-14-10-11-16(19)13-17(14)20/h10-11,13,15H,2-9,12H2,1H3. The molecule has 0 heterocycles. The van der Waals surface area contributed by atoms with Crippen molar-refractivity contribution in [3.05, 3.63) is 35.4 Å². The minimum absolute atomic E-state index is 0.276. The van der Waals surface area contributed by atoms with Crippen molar-refractivity contribution in [2.75, 3.05) is 0 Å². The van der Waals surface area contributed by atoms with E-state index < -0.39 is 11.6 Å². The van der Waals surface area contributed by atoms with Crippen LogP contribution in [-0.2, 0) is 6.42 Å². The highest BCUT2D eigenvalue weighted by atomic mass is 79.9. The van der Waals surface area contributed by atoms with E-state index in [2.05, 4.69) is 22.9 Å². The second-order valence-corrected chi connectivity index (χ2v) is 6.74. The normalized spacial score (nSPS) is 12.6. The SMILES string of the molecule is CCCCCCCCCC(Br)Cc1ccc(F)cc1F. The van der Waals surface area contributed by atoms with Crippen molar-refractivity contribution < 1.29 is 8.78 Å². The van der Waals surface area contributed by atoms with Crippen molar-refractivity contribution in [3.63, 3.8) is 0 Å². The first kappa shape index (κ1) is 17.6. The lowest BCUT2D eigenvalue weighted by Crippen LogP contribution is -2.05. The van der Waals surface area contributed by atoms with Gasteiger partial charge in [0.25, 0.3) is 0 Å². The van der Waals surface area contributed by atoms with Gasteiger partial charge in [-0.2, -0.15) is 0 Å². The predicted molar refractivity (Wildman–Crippen MR) is 85.4 cm³/mol. The monoisotopic (exact) mass is 346 g/mol. The Morgan fingerprint density at radius 2 is 1.65 bits per heavy atom. The molecule has 0 saturated carbocycles. The molecule has 0 saturated heterocycles. The average Bonchev–Trinajstić information content (AvgIpc) is 2.41. The van der Waals surface area contributed by atoms with Gasteiger partial charge in [0, 0.05) is 10.9 Å². The van der Waals surface area contributed by atoms with E-state index in [1.54, 1.807) is 6.07 Å². The zero-order chi connectivity index (χ0) is 14.8. The van der Waals surface area contributed by atoms with E-state index in [9.17, 15) is 8.78 Å². The Labute approximate surface area is 130 Å². The van der Waals surface area contributed by atoms with E-state index in [4.69, 9.17) is 0 Å². The van der Waals surface area contributed by atoms with Crippen molar-refractivity contribution >= 4 is 15.9 Å². The fourth-order valence-electron chi connectivity index (χ4n) is 2.35. The van der Waals surface area contributed by atoms with Crippen LogP contribution in [0.5, 0.6) is 0 Å². The summed E-state index contributed by atoms with van der Waals surface area (Å²) in [6, 6.07) is 3.83. The average molecular weight is 347 g/mol. The van der Waals surface area contributed by atoms with E-state index in [-0.39, 0.29) is 4.83 Å². The summed E-state index contributed by atoms with van der Waals surface area (Å²) in [7, 11) is 0. The first-order valence-corrected chi connectivity index (χ1v) is 8.63. The molecule has 0 spiro atoms. The third kappa shape index (κ3) is 7.37. The molecular weight excluding hydrogens is 322 g/mol. The molecule has 1 rings (SSSR count). The summed E-state index contributed by atoms with van der Waals surface area (Å²) in [5.41, 5.74) is 0.594. The highest BCUT2D eigenvalue weighted by Gasteiger charge is 2.10. The maximum Gasteiger partial charge on any atom is 0.129 e. The molecule has 1 unspecified atom stereocenters. The van der Waals surface area contributed by atoms with Crippen LogP contribution in [0.25, 0.3) is 0 Å². The fraction of sp³-hybridized carbons (Fsp3) is 0.647. The maximum absolute atomic E-state index is 13.5. The van der Waals surface area contributed by atoms with Gasteiger partial charge in [0.2, 0.25) is 0 Å². The minimum atomic E-state index is -0.510. The molecule has 114 valence electrons. The van der Waals surface area contributed by atoms with Gasteiger partial charge in [0.05, 0.1) is 0 Å². The zero-order valence-electron chi connectivity index (χ0n) is 12.3. The Balaban J connectivity index is 2.15. The Kier molecular flexibility index (Phi) is 9.08. The van der Waals surface area contributed by atoms with Crippen LogP contribution < -0.4 is 0 Å². The molecule has 0 aliphatic carbocycles. The van der Waals surface area contributed by atoms with Gasteiger partial charge in [0.15, 0.2) is 0 Å². The van der Waals surface area contributed by atoms with Gasteiger partial charge in [-0.25, -0.2) is 8.78 Å². The number of hydrogen-bond donors (Lipinski definition) is 0. The van der Waals surface area contributed by atoms with Gasteiger partial charge >= 0.3 is 0 Å². The lowest BCUT2D eigenvalue weighted by atomic mass is 10.0. The van der Waals surface area contributed by atoms with E-state index >= 15 is 0 Å². The van der Waals surface area contributed by atoms with E-state index in [0.29, 0.717) is 12.0 Å². The van der Waals surface area contributed by atoms with Crippen LogP contribution in [0.15, 0.2) is 18.2 Å². The summed E-state index contributed by atoms with van der Waals surface area (Å²) in [6.07, 6.45) is 10.7. The van der Waals surface area contributed by atoms with Gasteiger partial charge in [-0.3, -0.25) is 0 Å². The summed E-state index contributed by atoms with van der Waals surface area (Å²) in [5.74, 6) is -0.946. The first-order valence-electron chi connectivity index (χ1n) is 7.71. The molecular formula is C17H25BrF2. The predicted octanol–water partition coefficient (Wildman–Crippen LogP) is 6.41. The molecule has 20 heavy (non-hydrogen) atoms. The van der Waals surface area contributed by atoms with Crippen molar-refractivity contribution in [3.8, 4) is 0 Å². The molecule has 0 amide bonds. The highest BCUT2D eigenvalue weighted by molar-refractivity contribution is 9.09. The van der Waals surface area contributed by atoms with Crippen molar-refractivity contribution in [1.29, 1.82) is 0 Å². The summed E-state index contributed by atoms with van der Waals surface area (Å²) in [5, 5.41) is 0. The molecule has 0 aliphatic heterocycles. The van der Waals surface area contributed by atoms with Crippen molar-refractivity contribution in [2.24, 2.45) is 0 Å². The topological polar surface area (TPSA) is 0 Å². The molecule has 1 aromatic carbocycles. The lowest BCUT2D eigenvalue weighted by Gasteiger charge is -2.10. The Bertz CT molecular complexity index is 379. The van der Waals surface area contributed by atoms with Crippen molar-refractivity contribution in [2.45, 2.75) is 69.5 Å². The lowest BCUT2D eigenvalue weighted by molar-refractivity contribution is 0.555. The molecule has 0 nitrogen and oxygen atoms in total. The van der Waals surface area contributed by atoms with Crippen LogP contribution in [0.1, 0.15) is 63.9 Å². The number of alkyl halides is 1. The number of unbranched alkanes of at least 4 members (excludes halogenated alkanes) is 6. The summed E-state index contributed by atoms with van der Waals surface area (Å²) in [6.45, 7) is 2.23. The minimum Gasteiger partial charge on any atom is -0.207 e. The second-order valence-electron chi connectivity index (χ2n) is 5.45. The Hall–Kier alpha value is -0.440. The van der Waals surface area contributed by atoms with E-state index in [1.807, 2.05) is 0 Å². The molecule has 0 aliphatic rings. The maximum atomic E-state index is 13.5. The largest absolute Gasteiger partial charge is 0.207 e. The number of benzene rings is 1. The third-order valence-electron chi connectivity index (χ3n) is 3.58. The molecule has 0 radical (unpaired) electrons. The first-order chi connectivity index (χ1) is 9.63. The quantitative estimate of drug-likeness (QED) is 0.339. The highest BCUT2D eigenvalue weighted by Crippen LogP contribution is 2.20. The molecule has 0 N–H and O–H groups in total. The van der Waals surface area contributed by atoms with Crippen LogP contribution in [0.2, 0.25) is 0 Å². The van der Waals surface area contributed by atoms with Crippen LogP contribution >= 0.6 is 15.9 Å². The Morgan fingerprint density at radius 1 is 1.00 bits per heavy atom. The molecule has 0 fully saturated rings. The number of rotatable bonds is 10. The number of halogens is 3. The molecule has 0 bridgehead atoms. The van der Waals surface area contributed by atoms with Crippen LogP contribution in [0, 0.1) is 11.6 Å². The van der Waals surface area contributed by atoms with Crippen LogP contribution in [0.4, 0.5) is 8.78 Å². The smallest absolute Gasteiger partial charge is 0.129 e. The summed E-state index contributed by atoms with van der Waals surface area (Å²) < 4.78 is 26.3. The van der Waals surface area contributed by atoms with Crippen LogP contribution in [0.3, 0.4) is 0 Å². The summed E-state index contributed by atoms with van der Waals surface area (Å²) in [4.78, 5) is 0.276. The van der Waals surface area contributed by atoms with Crippen molar-refractivity contribution in [1.82, 2.24) is 0 Å². The second kappa shape index (κ2) is 10.3. The molecule has 3 heteroatoms. The van der Waals surface area contributed by atoms with Gasteiger partial charge in [0.1, 0.15) is 11.6 Å². The van der Waals surface area contributed by atoms with Crippen LogP contribution in [-0.4, -0.2) is 4.83 Å². The van der Waals surface area contributed by atoms with Gasteiger partial charge < -0.3 is 0 Å². The number of hydrogen-bond acceptors (Lipinski definition) is 0. The van der Waals surface area contributed by atoms with Gasteiger partial charge in [-0.15, -0.1) is 0 Å². The van der Waals surface area contributed by atoms with Gasteiger partial charge in [-0.05, 0) is 24.5 Å². The zero-order valence-corrected chi connectivity index (χ0v) is 13.9. The summed E-state index contributed by atoms with van der Waals surface area (Å²) >= 11 is 3.60.